The molecule has 4 aromatic rings. The second-order valence-corrected chi connectivity index (χ2v) is 8.80. The molecule has 10 heteroatoms. The zero-order valence-corrected chi connectivity index (χ0v) is 21.5. The lowest BCUT2D eigenvalue weighted by Gasteiger charge is -2.10. The maximum Gasteiger partial charge on any atom is 0.359 e. The Hall–Kier alpha value is -4.44. The summed E-state index contributed by atoms with van der Waals surface area (Å²) in [5.41, 5.74) is 1.67. The minimum atomic E-state index is -0.655. The van der Waals surface area contributed by atoms with Crippen LogP contribution in [0.25, 0.3) is 22.5 Å². The highest BCUT2D eigenvalue weighted by atomic mass is 32.1. The second kappa shape index (κ2) is 11.1. The monoisotopic (exact) mass is 519 g/mol. The summed E-state index contributed by atoms with van der Waals surface area (Å²) < 4.78 is 16.9. The average molecular weight is 520 g/mol. The molecule has 37 heavy (non-hydrogen) atoms. The van der Waals surface area contributed by atoms with Gasteiger partial charge in [0.15, 0.2) is 17.2 Å². The topological polar surface area (TPSA) is 109 Å². The van der Waals surface area contributed by atoms with Gasteiger partial charge in [-0.05, 0) is 55.3 Å². The smallest absolute Gasteiger partial charge is 0.359 e. The lowest BCUT2D eigenvalue weighted by atomic mass is 10.2. The molecule has 1 amide bonds. The summed E-state index contributed by atoms with van der Waals surface area (Å²) in [6.07, 6.45) is 2.96. The molecule has 0 saturated carbocycles. The number of fused-ring (bicyclic) bond motifs is 1. The standard InChI is InChI=1S/C27H25N3O6S/c1-5-36-27(33)24-19-15-37-25(23(19)26(32)30(29-24)18-8-6-7-16(2)13-18)28-22(31)12-10-17-9-11-20(34-3)21(14-17)35-4/h6-15H,5H2,1-4H3,(H,28,31)/b12-10+. The first-order chi connectivity index (χ1) is 17.9. The van der Waals surface area contributed by atoms with Crippen LogP contribution in [0.15, 0.2) is 58.7 Å². The van der Waals surface area contributed by atoms with E-state index in [2.05, 4.69) is 10.4 Å². The lowest BCUT2D eigenvalue weighted by molar-refractivity contribution is -0.111. The number of anilines is 1. The van der Waals surface area contributed by atoms with Gasteiger partial charge in [-0.2, -0.15) is 9.78 Å². The number of esters is 1. The van der Waals surface area contributed by atoms with E-state index in [-0.39, 0.29) is 17.7 Å². The number of amides is 1. The van der Waals surface area contributed by atoms with Crippen molar-refractivity contribution in [2.24, 2.45) is 0 Å². The SMILES string of the molecule is CCOC(=O)c1nn(-c2cccc(C)c2)c(=O)c2c(NC(=O)/C=C/c3ccc(OC)c(OC)c3)scc12. The molecule has 2 aromatic carbocycles. The van der Waals surface area contributed by atoms with Crippen molar-refractivity contribution in [3.63, 3.8) is 0 Å². The molecule has 0 aliphatic carbocycles. The van der Waals surface area contributed by atoms with Crippen LogP contribution in [-0.4, -0.2) is 42.5 Å². The Morgan fingerprint density at radius 2 is 1.89 bits per heavy atom. The Morgan fingerprint density at radius 3 is 2.59 bits per heavy atom. The Kier molecular flexibility index (Phi) is 7.69. The van der Waals surface area contributed by atoms with E-state index in [4.69, 9.17) is 14.2 Å². The molecule has 0 saturated heterocycles. The molecule has 0 radical (unpaired) electrons. The maximum atomic E-state index is 13.5. The van der Waals surface area contributed by atoms with Gasteiger partial charge in [-0.3, -0.25) is 9.59 Å². The molecule has 0 aliphatic rings. The number of ether oxygens (including phenoxy) is 3. The molecule has 2 aromatic heterocycles. The Morgan fingerprint density at radius 1 is 1.11 bits per heavy atom. The molecular weight excluding hydrogens is 494 g/mol. The third-order valence-electron chi connectivity index (χ3n) is 5.44. The van der Waals surface area contributed by atoms with Gasteiger partial charge in [-0.1, -0.05) is 18.2 Å². The fourth-order valence-electron chi connectivity index (χ4n) is 3.71. The Bertz CT molecular complexity index is 1570. The summed E-state index contributed by atoms with van der Waals surface area (Å²) in [6.45, 7) is 3.73. The first kappa shape index (κ1) is 25.6. The van der Waals surface area contributed by atoms with Crippen LogP contribution < -0.4 is 20.3 Å². The van der Waals surface area contributed by atoms with Crippen molar-refractivity contribution in [3.8, 4) is 17.2 Å². The average Bonchev–Trinajstić information content (AvgIpc) is 3.31. The normalized spacial score (nSPS) is 11.0. The van der Waals surface area contributed by atoms with Crippen LogP contribution >= 0.6 is 11.3 Å². The predicted molar refractivity (Wildman–Crippen MR) is 143 cm³/mol. The summed E-state index contributed by atoms with van der Waals surface area (Å²) in [7, 11) is 3.07. The van der Waals surface area contributed by atoms with Crippen molar-refractivity contribution in [1.82, 2.24) is 9.78 Å². The summed E-state index contributed by atoms with van der Waals surface area (Å²) in [6, 6.07) is 12.4. The molecule has 0 fully saturated rings. The van der Waals surface area contributed by atoms with Crippen LogP contribution in [0, 0.1) is 6.92 Å². The van der Waals surface area contributed by atoms with Gasteiger partial charge in [0.1, 0.15) is 5.00 Å². The molecule has 0 aliphatic heterocycles. The Labute approximate surface area is 216 Å². The number of benzene rings is 2. The molecule has 0 spiro atoms. The molecule has 4 rings (SSSR count). The number of thiophene rings is 1. The molecule has 9 nitrogen and oxygen atoms in total. The molecule has 0 bridgehead atoms. The van der Waals surface area contributed by atoms with Gasteiger partial charge in [-0.25, -0.2) is 4.79 Å². The van der Waals surface area contributed by atoms with Crippen LogP contribution in [-0.2, 0) is 9.53 Å². The number of nitrogens with zero attached hydrogens (tertiary/aromatic N) is 2. The predicted octanol–water partition coefficient (Wildman–Crippen LogP) is 4.60. The fourth-order valence-corrected chi connectivity index (χ4v) is 4.65. The summed E-state index contributed by atoms with van der Waals surface area (Å²) in [5.74, 6) is 0.00234. The number of nitrogens with one attached hydrogen (secondary N) is 1. The first-order valence-electron chi connectivity index (χ1n) is 11.4. The molecule has 0 atom stereocenters. The molecule has 190 valence electrons. The minimum absolute atomic E-state index is 0.00410. The maximum absolute atomic E-state index is 13.5. The van der Waals surface area contributed by atoms with Crippen LogP contribution in [0.5, 0.6) is 11.5 Å². The highest BCUT2D eigenvalue weighted by Gasteiger charge is 2.23. The number of carbonyl (C=O) groups excluding carboxylic acids is 2. The zero-order chi connectivity index (χ0) is 26.5. The van der Waals surface area contributed by atoms with E-state index in [1.807, 2.05) is 13.0 Å². The van der Waals surface area contributed by atoms with E-state index in [1.165, 1.54) is 13.2 Å². The highest BCUT2D eigenvalue weighted by Crippen LogP contribution is 2.31. The van der Waals surface area contributed by atoms with E-state index in [1.54, 1.807) is 61.9 Å². The zero-order valence-electron chi connectivity index (χ0n) is 20.7. The number of hydrogen-bond donors (Lipinski definition) is 1. The number of rotatable bonds is 8. The van der Waals surface area contributed by atoms with Crippen LogP contribution in [0.4, 0.5) is 5.00 Å². The third kappa shape index (κ3) is 5.39. The number of aryl methyl sites for hydroxylation is 1. The van der Waals surface area contributed by atoms with Gasteiger partial charge in [0.05, 0.1) is 31.9 Å². The second-order valence-electron chi connectivity index (χ2n) is 7.92. The van der Waals surface area contributed by atoms with Gasteiger partial charge < -0.3 is 19.5 Å². The quantitative estimate of drug-likeness (QED) is 0.268. The third-order valence-corrected chi connectivity index (χ3v) is 6.33. The summed E-state index contributed by atoms with van der Waals surface area (Å²) in [5, 5.41) is 9.49. The van der Waals surface area contributed by atoms with E-state index in [0.29, 0.717) is 27.6 Å². The van der Waals surface area contributed by atoms with E-state index < -0.39 is 17.4 Å². The molecular formula is C27H25N3O6S. The van der Waals surface area contributed by atoms with Gasteiger partial charge >= 0.3 is 5.97 Å². The number of hydrogen-bond acceptors (Lipinski definition) is 8. The largest absolute Gasteiger partial charge is 0.493 e. The van der Waals surface area contributed by atoms with Gasteiger partial charge in [-0.15, -0.1) is 11.3 Å². The van der Waals surface area contributed by atoms with Crippen molar-refractivity contribution in [2.45, 2.75) is 13.8 Å². The number of aromatic nitrogens is 2. The molecule has 2 heterocycles. The van der Waals surface area contributed by atoms with Crippen molar-refractivity contribution in [1.29, 1.82) is 0 Å². The minimum Gasteiger partial charge on any atom is -0.493 e. The van der Waals surface area contributed by atoms with Crippen LogP contribution in [0.2, 0.25) is 0 Å². The van der Waals surface area contributed by atoms with Crippen molar-refractivity contribution in [3.05, 3.63) is 81.1 Å². The summed E-state index contributed by atoms with van der Waals surface area (Å²) in [4.78, 5) is 39.0. The summed E-state index contributed by atoms with van der Waals surface area (Å²) >= 11 is 1.13. The Balaban J connectivity index is 1.73. The van der Waals surface area contributed by atoms with Crippen LogP contribution in [0.3, 0.4) is 0 Å². The van der Waals surface area contributed by atoms with Crippen LogP contribution in [0.1, 0.15) is 28.5 Å². The molecule has 0 unspecified atom stereocenters. The van der Waals surface area contributed by atoms with Gasteiger partial charge in [0, 0.05) is 16.8 Å². The van der Waals surface area contributed by atoms with Crippen molar-refractivity contribution >= 4 is 45.1 Å². The van der Waals surface area contributed by atoms with Crippen molar-refractivity contribution < 1.29 is 23.8 Å². The fraction of sp³-hybridized carbons (Fsp3) is 0.185. The number of carbonyl (C=O) groups is 2. The van der Waals surface area contributed by atoms with Gasteiger partial charge in [0.25, 0.3) is 5.56 Å². The first-order valence-corrected chi connectivity index (χ1v) is 12.2. The van der Waals surface area contributed by atoms with E-state index >= 15 is 0 Å². The molecule has 1 N–H and O–H groups in total. The van der Waals surface area contributed by atoms with E-state index in [0.717, 1.165) is 27.1 Å². The van der Waals surface area contributed by atoms with Gasteiger partial charge in [0.2, 0.25) is 5.91 Å². The lowest BCUT2D eigenvalue weighted by Crippen LogP contribution is -2.25. The van der Waals surface area contributed by atoms with E-state index in [9.17, 15) is 14.4 Å². The number of methoxy groups -OCH3 is 2. The van der Waals surface area contributed by atoms with Crippen molar-refractivity contribution in [2.75, 3.05) is 26.1 Å². The highest BCUT2D eigenvalue weighted by molar-refractivity contribution is 7.16.